The predicted octanol–water partition coefficient (Wildman–Crippen LogP) is 4.22. The summed E-state index contributed by atoms with van der Waals surface area (Å²) in [6.45, 7) is -0.744. The van der Waals surface area contributed by atoms with E-state index >= 15 is 0 Å². The molecular formula is C19H12F6N4O4. The average Bonchev–Trinajstić information content (AvgIpc) is 3.19. The molecule has 2 aromatic carbocycles. The van der Waals surface area contributed by atoms with Crippen LogP contribution in [0.1, 0.15) is 11.1 Å². The van der Waals surface area contributed by atoms with E-state index in [0.29, 0.717) is 11.0 Å². The average molecular weight is 474 g/mol. The van der Waals surface area contributed by atoms with Crippen molar-refractivity contribution in [1.82, 2.24) is 0 Å². The Balaban J connectivity index is 1.87. The van der Waals surface area contributed by atoms with E-state index in [4.69, 9.17) is 10.00 Å². The second kappa shape index (κ2) is 8.58. The number of anilines is 2. The molecule has 1 aliphatic heterocycles. The molecule has 0 spiro atoms. The highest BCUT2D eigenvalue weighted by atomic mass is 19.4. The first-order valence-corrected chi connectivity index (χ1v) is 8.96. The van der Waals surface area contributed by atoms with Gasteiger partial charge >= 0.3 is 12.4 Å². The fraction of sp³-hybridized carbons (Fsp3) is 0.263. The largest absolute Gasteiger partial charge is 0.433 e. The monoisotopic (exact) mass is 474 g/mol. The first-order chi connectivity index (χ1) is 15.3. The molecule has 0 aliphatic carbocycles. The van der Waals surface area contributed by atoms with Crippen molar-refractivity contribution < 1.29 is 40.8 Å². The number of hydrogen-bond acceptors (Lipinski definition) is 6. The summed E-state index contributed by atoms with van der Waals surface area (Å²) in [7, 11) is 0. The van der Waals surface area contributed by atoms with Gasteiger partial charge < -0.3 is 15.0 Å². The van der Waals surface area contributed by atoms with E-state index in [0.717, 1.165) is 36.4 Å². The summed E-state index contributed by atoms with van der Waals surface area (Å²) >= 11 is 0. The molecule has 1 amide bonds. The normalized spacial score (nSPS) is 18.6. The Bertz CT molecular complexity index is 1110. The van der Waals surface area contributed by atoms with Crippen LogP contribution < -0.4 is 10.2 Å². The van der Waals surface area contributed by atoms with Crippen molar-refractivity contribution in [2.24, 2.45) is 0 Å². The van der Waals surface area contributed by atoms with Crippen molar-refractivity contribution in [3.05, 3.63) is 63.7 Å². The minimum atomic E-state index is -5.06. The summed E-state index contributed by atoms with van der Waals surface area (Å²) in [5, 5.41) is 21.8. The van der Waals surface area contributed by atoms with Gasteiger partial charge in [0.15, 0.2) is 6.10 Å². The van der Waals surface area contributed by atoms with Gasteiger partial charge in [-0.1, -0.05) is 0 Å². The summed E-state index contributed by atoms with van der Waals surface area (Å²) in [6.07, 6.45) is -14.5. The number of nitro benzene ring substituents is 1. The predicted molar refractivity (Wildman–Crippen MR) is 99.9 cm³/mol. The lowest BCUT2D eigenvalue weighted by Crippen LogP contribution is -2.42. The van der Waals surface area contributed by atoms with Crippen molar-refractivity contribution in [1.29, 1.82) is 5.26 Å². The number of rotatable bonds is 4. The number of carbonyl (C=O) groups excluding carboxylic acids is 1. The lowest BCUT2D eigenvalue weighted by molar-refractivity contribution is -0.384. The second-order valence-electron chi connectivity index (χ2n) is 6.80. The third kappa shape index (κ3) is 5.14. The van der Waals surface area contributed by atoms with Gasteiger partial charge in [0.25, 0.3) is 11.6 Å². The van der Waals surface area contributed by atoms with Crippen LogP contribution in [0.15, 0.2) is 42.5 Å². The van der Waals surface area contributed by atoms with E-state index in [1.165, 1.54) is 6.07 Å². The topological polar surface area (TPSA) is 109 Å². The molecule has 3 rings (SSSR count). The summed E-state index contributed by atoms with van der Waals surface area (Å²) in [6, 6.07) is 7.77. The molecule has 14 heteroatoms. The molecule has 0 aromatic heterocycles. The fourth-order valence-electron chi connectivity index (χ4n) is 3.12. The zero-order valence-corrected chi connectivity index (χ0v) is 16.1. The Kier molecular flexibility index (Phi) is 6.19. The third-order valence-corrected chi connectivity index (χ3v) is 4.62. The van der Waals surface area contributed by atoms with E-state index in [1.54, 1.807) is 0 Å². The molecule has 2 aromatic rings. The number of nitrogens with one attached hydrogen (secondary N) is 1. The number of amides is 1. The van der Waals surface area contributed by atoms with Gasteiger partial charge in [0, 0.05) is 23.5 Å². The van der Waals surface area contributed by atoms with Crippen LogP contribution in [0.5, 0.6) is 0 Å². The zero-order valence-electron chi connectivity index (χ0n) is 16.1. The summed E-state index contributed by atoms with van der Waals surface area (Å²) in [5.74, 6) is -1.04. The Hall–Kier alpha value is -3.86. The van der Waals surface area contributed by atoms with Crippen molar-refractivity contribution in [3.8, 4) is 6.07 Å². The highest BCUT2D eigenvalue weighted by Crippen LogP contribution is 2.39. The molecule has 1 heterocycles. The number of benzene rings is 2. The number of halogens is 6. The van der Waals surface area contributed by atoms with Gasteiger partial charge in [0.1, 0.15) is 0 Å². The first kappa shape index (κ1) is 23.8. The quantitative estimate of drug-likeness (QED) is 0.404. The van der Waals surface area contributed by atoms with Crippen LogP contribution in [0.3, 0.4) is 0 Å². The Morgan fingerprint density at radius 3 is 2.30 bits per heavy atom. The van der Waals surface area contributed by atoms with Crippen LogP contribution in [0, 0.1) is 21.4 Å². The van der Waals surface area contributed by atoms with Crippen molar-refractivity contribution >= 4 is 23.0 Å². The molecule has 0 bridgehead atoms. The summed E-state index contributed by atoms with van der Waals surface area (Å²) in [4.78, 5) is 22.8. The summed E-state index contributed by atoms with van der Waals surface area (Å²) in [5.41, 5.74) is -3.00. The number of alkyl halides is 6. The molecule has 1 saturated heterocycles. The van der Waals surface area contributed by atoms with Gasteiger partial charge in [-0.15, -0.1) is 0 Å². The van der Waals surface area contributed by atoms with Gasteiger partial charge in [-0.25, -0.2) is 0 Å². The Morgan fingerprint density at radius 1 is 1.15 bits per heavy atom. The standard InChI is InChI=1S/C19H12F6N4O4/c20-18(21,22)14-7-13(4-1-10(14)8-26)28-9-15(33-17(28)19(23,24)25)16(30)27-11-2-5-12(6-3-11)29(31)32/h1-7,15,17H,9H2,(H,27,30). The maximum absolute atomic E-state index is 13.5. The molecule has 2 atom stereocenters. The van der Waals surface area contributed by atoms with E-state index in [-0.39, 0.29) is 11.4 Å². The number of carbonyl (C=O) groups is 1. The highest BCUT2D eigenvalue weighted by molar-refractivity contribution is 5.95. The van der Waals surface area contributed by atoms with Crippen LogP contribution in [0.25, 0.3) is 0 Å². The van der Waals surface area contributed by atoms with Gasteiger partial charge in [-0.05, 0) is 30.3 Å². The third-order valence-electron chi connectivity index (χ3n) is 4.62. The number of nitriles is 1. The smallest absolute Gasteiger partial charge is 0.335 e. The van der Waals surface area contributed by atoms with E-state index in [1.807, 2.05) is 0 Å². The number of hydrogen-bond donors (Lipinski definition) is 1. The molecule has 8 nitrogen and oxygen atoms in total. The number of non-ortho nitro benzene ring substituents is 1. The maximum Gasteiger partial charge on any atom is 0.433 e. The Labute approximate surface area is 181 Å². The molecule has 1 N–H and O–H groups in total. The molecule has 1 aliphatic rings. The van der Waals surface area contributed by atoms with Gasteiger partial charge in [0.05, 0.1) is 28.7 Å². The van der Waals surface area contributed by atoms with Crippen molar-refractivity contribution in [3.63, 3.8) is 0 Å². The molecule has 2 unspecified atom stereocenters. The van der Waals surface area contributed by atoms with Crippen LogP contribution in [0.4, 0.5) is 43.4 Å². The van der Waals surface area contributed by atoms with Crippen molar-refractivity contribution in [2.75, 3.05) is 16.8 Å². The molecule has 174 valence electrons. The minimum Gasteiger partial charge on any atom is -0.335 e. The number of nitro groups is 1. The maximum atomic E-state index is 13.5. The lowest BCUT2D eigenvalue weighted by Gasteiger charge is -2.27. The lowest BCUT2D eigenvalue weighted by atomic mass is 10.1. The fourth-order valence-corrected chi connectivity index (χ4v) is 3.12. The van der Waals surface area contributed by atoms with E-state index in [2.05, 4.69) is 5.32 Å². The minimum absolute atomic E-state index is 0.0361. The molecular weight excluding hydrogens is 462 g/mol. The SMILES string of the molecule is N#Cc1ccc(N2CC(C(=O)Nc3ccc([N+](=O)[O-])cc3)OC2C(F)(F)F)cc1C(F)(F)F. The van der Waals surface area contributed by atoms with Crippen LogP contribution >= 0.6 is 0 Å². The van der Waals surface area contributed by atoms with Crippen molar-refractivity contribution in [2.45, 2.75) is 24.7 Å². The summed E-state index contributed by atoms with van der Waals surface area (Å²) < 4.78 is 85.1. The highest BCUT2D eigenvalue weighted by Gasteiger charge is 2.52. The second-order valence-corrected chi connectivity index (χ2v) is 6.80. The van der Waals surface area contributed by atoms with E-state index < -0.39 is 58.9 Å². The van der Waals surface area contributed by atoms with Crippen LogP contribution in [-0.4, -0.2) is 35.9 Å². The number of ether oxygens (including phenoxy) is 1. The van der Waals surface area contributed by atoms with Crippen LogP contribution in [0.2, 0.25) is 0 Å². The molecule has 0 radical (unpaired) electrons. The van der Waals surface area contributed by atoms with Gasteiger partial charge in [-0.3, -0.25) is 14.9 Å². The van der Waals surface area contributed by atoms with Gasteiger partial charge in [-0.2, -0.15) is 31.6 Å². The molecule has 1 fully saturated rings. The van der Waals surface area contributed by atoms with Crippen LogP contribution in [-0.2, 0) is 15.7 Å². The molecule has 0 saturated carbocycles. The Morgan fingerprint density at radius 2 is 1.79 bits per heavy atom. The number of nitrogens with zero attached hydrogens (tertiary/aromatic N) is 3. The first-order valence-electron chi connectivity index (χ1n) is 8.96. The van der Waals surface area contributed by atoms with Gasteiger partial charge in [0.2, 0.25) is 6.23 Å². The molecule has 33 heavy (non-hydrogen) atoms. The van der Waals surface area contributed by atoms with E-state index in [9.17, 15) is 41.3 Å². The zero-order chi connectivity index (χ0) is 24.6.